The highest BCUT2D eigenvalue weighted by molar-refractivity contribution is 9.10. The normalized spacial score (nSPS) is 10.5. The third-order valence-electron chi connectivity index (χ3n) is 2.32. The molecule has 0 N–H and O–H groups in total. The molecule has 0 atom stereocenters. The lowest BCUT2D eigenvalue weighted by atomic mass is 10.2. The molecule has 0 aliphatic rings. The molecule has 2 aromatic rings. The van der Waals surface area contributed by atoms with E-state index in [9.17, 15) is 4.79 Å². The molecule has 0 saturated carbocycles. The Morgan fingerprint density at radius 1 is 1.24 bits per heavy atom. The second kappa shape index (κ2) is 5.25. The maximum Gasteiger partial charge on any atom is 0.265 e. The van der Waals surface area contributed by atoms with E-state index in [2.05, 4.69) is 15.9 Å². The van der Waals surface area contributed by atoms with Gasteiger partial charge in [-0.05, 0) is 51.8 Å². The molecule has 2 rings (SSSR count). The van der Waals surface area contributed by atoms with Crippen LogP contribution in [0.3, 0.4) is 0 Å². The highest BCUT2D eigenvalue weighted by atomic mass is 79.9. The second-order valence-corrected chi connectivity index (χ2v) is 5.22. The molecule has 2 nitrogen and oxygen atoms in total. The first-order valence-corrected chi connectivity index (χ1v) is 6.41. The number of aromatic nitrogens is 1. The van der Waals surface area contributed by atoms with Gasteiger partial charge in [0.2, 0.25) is 0 Å². The summed E-state index contributed by atoms with van der Waals surface area (Å²) in [7, 11) is 0. The zero-order valence-corrected chi connectivity index (χ0v) is 11.8. The van der Waals surface area contributed by atoms with Crippen molar-refractivity contribution in [1.82, 2.24) is 4.57 Å². The Bertz CT molecular complexity index is 610. The van der Waals surface area contributed by atoms with Crippen LogP contribution >= 0.6 is 39.1 Å². The van der Waals surface area contributed by atoms with Crippen molar-refractivity contribution in [2.45, 2.75) is 6.54 Å². The van der Waals surface area contributed by atoms with Gasteiger partial charge in [0.15, 0.2) is 0 Å². The molecule has 88 valence electrons. The maximum atomic E-state index is 11.8. The smallest absolute Gasteiger partial charge is 0.265 e. The minimum absolute atomic E-state index is 0.0939. The van der Waals surface area contributed by atoms with Crippen LogP contribution in [0, 0.1) is 0 Å². The molecule has 1 aromatic carbocycles. The van der Waals surface area contributed by atoms with E-state index in [4.69, 9.17) is 23.2 Å². The Kier molecular flexibility index (Phi) is 3.92. The number of pyridine rings is 1. The summed E-state index contributed by atoms with van der Waals surface area (Å²) >= 11 is 15.2. The number of hydrogen-bond donors (Lipinski definition) is 0. The fourth-order valence-corrected chi connectivity index (χ4v) is 2.23. The molecule has 0 bridgehead atoms. The van der Waals surface area contributed by atoms with Gasteiger partial charge in [-0.1, -0.05) is 23.2 Å². The quantitative estimate of drug-likeness (QED) is 0.815. The Labute approximate surface area is 117 Å². The molecule has 1 heterocycles. The van der Waals surface area contributed by atoms with Crippen LogP contribution in [0.1, 0.15) is 5.56 Å². The van der Waals surface area contributed by atoms with Gasteiger partial charge in [-0.15, -0.1) is 0 Å². The predicted molar refractivity (Wildman–Crippen MR) is 74.0 cm³/mol. The summed E-state index contributed by atoms with van der Waals surface area (Å²) in [5.74, 6) is 0. The first kappa shape index (κ1) is 12.7. The summed E-state index contributed by atoms with van der Waals surface area (Å²) in [6.07, 6.45) is 1.71. The van der Waals surface area contributed by atoms with Gasteiger partial charge in [-0.3, -0.25) is 4.79 Å². The van der Waals surface area contributed by atoms with Crippen LogP contribution in [0.2, 0.25) is 10.0 Å². The van der Waals surface area contributed by atoms with E-state index >= 15 is 0 Å². The average Bonchev–Trinajstić information content (AvgIpc) is 2.30. The van der Waals surface area contributed by atoms with Crippen LogP contribution in [-0.2, 0) is 6.54 Å². The number of halogens is 3. The highest BCUT2D eigenvalue weighted by Crippen LogP contribution is 2.21. The van der Waals surface area contributed by atoms with Gasteiger partial charge in [0.1, 0.15) is 0 Å². The van der Waals surface area contributed by atoms with Crippen LogP contribution in [0.5, 0.6) is 0 Å². The zero-order valence-electron chi connectivity index (χ0n) is 8.66. The lowest BCUT2D eigenvalue weighted by Crippen LogP contribution is -2.20. The number of hydrogen-bond acceptors (Lipinski definition) is 1. The van der Waals surface area contributed by atoms with E-state index in [1.54, 1.807) is 41.1 Å². The largest absolute Gasteiger partial charge is 0.310 e. The predicted octanol–water partition coefficient (Wildman–Crippen LogP) is 3.97. The lowest BCUT2D eigenvalue weighted by Gasteiger charge is -2.08. The molecule has 0 saturated heterocycles. The molecule has 0 spiro atoms. The Morgan fingerprint density at radius 3 is 2.76 bits per heavy atom. The molecule has 0 unspecified atom stereocenters. The fourth-order valence-electron chi connectivity index (χ4n) is 1.48. The van der Waals surface area contributed by atoms with Crippen molar-refractivity contribution in [2.75, 3.05) is 0 Å². The van der Waals surface area contributed by atoms with Crippen LogP contribution in [0.25, 0.3) is 0 Å². The van der Waals surface area contributed by atoms with Crippen molar-refractivity contribution in [3.63, 3.8) is 0 Å². The zero-order chi connectivity index (χ0) is 12.4. The van der Waals surface area contributed by atoms with Crippen molar-refractivity contribution >= 4 is 39.1 Å². The molecule has 0 radical (unpaired) electrons. The summed E-state index contributed by atoms with van der Waals surface area (Å²) in [4.78, 5) is 11.8. The SMILES string of the molecule is O=c1c(Br)cccn1Cc1cc(Cl)ccc1Cl. The van der Waals surface area contributed by atoms with Crippen molar-refractivity contribution in [3.05, 3.63) is 67.0 Å². The van der Waals surface area contributed by atoms with E-state index < -0.39 is 0 Å². The Balaban J connectivity index is 2.41. The monoisotopic (exact) mass is 331 g/mol. The summed E-state index contributed by atoms with van der Waals surface area (Å²) in [6.45, 7) is 0.400. The summed E-state index contributed by atoms with van der Waals surface area (Å²) in [5.41, 5.74) is 0.725. The van der Waals surface area contributed by atoms with E-state index in [1.165, 1.54) is 0 Å². The van der Waals surface area contributed by atoms with Crippen molar-refractivity contribution < 1.29 is 0 Å². The molecular formula is C12H8BrCl2NO. The number of nitrogens with zero attached hydrogens (tertiary/aromatic N) is 1. The Hall–Kier alpha value is -0.770. The van der Waals surface area contributed by atoms with Crippen molar-refractivity contribution in [3.8, 4) is 0 Å². The van der Waals surface area contributed by atoms with Gasteiger partial charge in [0.05, 0.1) is 11.0 Å². The molecular weight excluding hydrogens is 325 g/mol. The first-order valence-electron chi connectivity index (χ1n) is 4.87. The molecule has 1 aromatic heterocycles. The molecule has 0 amide bonds. The van der Waals surface area contributed by atoms with Gasteiger partial charge in [0.25, 0.3) is 5.56 Å². The van der Waals surface area contributed by atoms with E-state index in [0.29, 0.717) is 21.1 Å². The van der Waals surface area contributed by atoms with Crippen molar-refractivity contribution in [1.29, 1.82) is 0 Å². The van der Waals surface area contributed by atoms with E-state index in [1.807, 2.05) is 0 Å². The molecule has 5 heteroatoms. The molecule has 0 aliphatic carbocycles. The Morgan fingerprint density at radius 2 is 2.00 bits per heavy atom. The topological polar surface area (TPSA) is 22.0 Å². The minimum atomic E-state index is -0.0939. The van der Waals surface area contributed by atoms with Crippen LogP contribution in [0.4, 0.5) is 0 Å². The third-order valence-corrected chi connectivity index (χ3v) is 3.53. The molecule has 17 heavy (non-hydrogen) atoms. The summed E-state index contributed by atoms with van der Waals surface area (Å²) in [6, 6.07) is 8.71. The van der Waals surface area contributed by atoms with Gasteiger partial charge in [0, 0.05) is 16.2 Å². The lowest BCUT2D eigenvalue weighted by molar-refractivity contribution is 0.755. The van der Waals surface area contributed by atoms with Gasteiger partial charge in [-0.25, -0.2) is 0 Å². The second-order valence-electron chi connectivity index (χ2n) is 3.52. The third kappa shape index (κ3) is 2.92. The van der Waals surface area contributed by atoms with Crippen molar-refractivity contribution in [2.24, 2.45) is 0 Å². The van der Waals surface area contributed by atoms with E-state index in [-0.39, 0.29) is 5.56 Å². The number of benzene rings is 1. The standard InChI is InChI=1S/C12H8BrCl2NO/c13-10-2-1-5-16(12(10)17)7-8-6-9(14)3-4-11(8)15/h1-6H,7H2. The summed E-state index contributed by atoms with van der Waals surface area (Å²) < 4.78 is 2.10. The van der Waals surface area contributed by atoms with Crippen LogP contribution in [0.15, 0.2) is 45.8 Å². The number of rotatable bonds is 2. The minimum Gasteiger partial charge on any atom is -0.310 e. The van der Waals surface area contributed by atoms with Gasteiger partial charge < -0.3 is 4.57 Å². The first-order chi connectivity index (χ1) is 8.08. The van der Waals surface area contributed by atoms with E-state index in [0.717, 1.165) is 5.56 Å². The maximum absolute atomic E-state index is 11.8. The fraction of sp³-hybridized carbons (Fsp3) is 0.0833. The van der Waals surface area contributed by atoms with Crippen LogP contribution < -0.4 is 5.56 Å². The average molecular weight is 333 g/mol. The van der Waals surface area contributed by atoms with Gasteiger partial charge in [-0.2, -0.15) is 0 Å². The molecule has 0 fully saturated rings. The summed E-state index contributed by atoms with van der Waals surface area (Å²) in [5, 5.41) is 1.20. The highest BCUT2D eigenvalue weighted by Gasteiger charge is 2.05. The van der Waals surface area contributed by atoms with Crippen LogP contribution in [-0.4, -0.2) is 4.57 Å². The molecule has 0 aliphatic heterocycles. The van der Waals surface area contributed by atoms with Gasteiger partial charge >= 0.3 is 0 Å².